The Morgan fingerprint density at radius 2 is 2.00 bits per heavy atom. The second-order valence-corrected chi connectivity index (χ2v) is 4.84. The maximum atomic E-state index is 6.26. The van der Waals surface area contributed by atoms with Gasteiger partial charge in [-0.1, -0.05) is 38.8 Å². The fraction of sp³-hybridized carbons (Fsp3) is 0.692. The van der Waals surface area contributed by atoms with Gasteiger partial charge in [0, 0.05) is 11.1 Å². The molecule has 1 nitrogen and oxygen atoms in total. The minimum absolute atomic E-state index is 0.281. The van der Waals surface area contributed by atoms with Crippen LogP contribution in [-0.2, 0) is 0 Å². The van der Waals surface area contributed by atoms with Gasteiger partial charge in [-0.3, -0.25) is 0 Å². The normalized spacial score (nSPS) is 21.1. The lowest BCUT2D eigenvalue weighted by atomic mass is 9.66. The molecule has 0 aliphatic heterocycles. The highest BCUT2D eigenvalue weighted by molar-refractivity contribution is 5.34. The molecule has 1 fully saturated rings. The molecule has 1 aliphatic carbocycles. The zero-order valence-electron chi connectivity index (χ0n) is 9.82. The van der Waals surface area contributed by atoms with Gasteiger partial charge in [0.25, 0.3) is 0 Å². The molecular weight excluding hydrogens is 170 g/mol. The van der Waals surface area contributed by atoms with Gasteiger partial charge in [0.1, 0.15) is 0 Å². The summed E-state index contributed by atoms with van der Waals surface area (Å²) in [6, 6.07) is 0. The van der Waals surface area contributed by atoms with Crippen molar-refractivity contribution < 1.29 is 0 Å². The Hall–Kier alpha value is -0.720. The minimum Gasteiger partial charge on any atom is -0.401 e. The lowest BCUT2D eigenvalue weighted by Crippen LogP contribution is -2.33. The van der Waals surface area contributed by atoms with Crippen LogP contribution in [0.1, 0.15) is 52.9 Å². The second-order valence-electron chi connectivity index (χ2n) is 4.84. The summed E-state index contributed by atoms with van der Waals surface area (Å²) in [4.78, 5) is 0. The predicted molar refractivity (Wildman–Crippen MR) is 62.9 cm³/mol. The van der Waals surface area contributed by atoms with Crippen molar-refractivity contribution in [2.24, 2.45) is 11.1 Å². The molecule has 0 aromatic rings. The zero-order chi connectivity index (χ0) is 10.8. The number of hydrogen-bond donors (Lipinski definition) is 1. The van der Waals surface area contributed by atoms with E-state index in [1.165, 1.54) is 24.8 Å². The molecule has 1 rings (SSSR count). The summed E-state index contributed by atoms with van der Waals surface area (Å²) in [5, 5.41) is 0. The van der Waals surface area contributed by atoms with E-state index in [1.807, 2.05) is 0 Å². The molecule has 0 amide bonds. The molecule has 14 heavy (non-hydrogen) atoms. The van der Waals surface area contributed by atoms with Crippen LogP contribution in [0.15, 0.2) is 23.4 Å². The van der Waals surface area contributed by atoms with Crippen molar-refractivity contribution in [2.75, 3.05) is 0 Å². The molecule has 0 atom stereocenters. The van der Waals surface area contributed by atoms with Crippen molar-refractivity contribution >= 4 is 0 Å². The topological polar surface area (TPSA) is 26.0 Å². The molecule has 2 N–H and O–H groups in total. The van der Waals surface area contributed by atoms with Crippen LogP contribution >= 0.6 is 0 Å². The van der Waals surface area contributed by atoms with Crippen LogP contribution < -0.4 is 5.73 Å². The Bertz CT molecular complexity index is 256. The Morgan fingerprint density at radius 3 is 2.29 bits per heavy atom. The van der Waals surface area contributed by atoms with Crippen molar-refractivity contribution in [3.05, 3.63) is 23.4 Å². The van der Waals surface area contributed by atoms with E-state index in [1.54, 1.807) is 0 Å². The summed E-state index contributed by atoms with van der Waals surface area (Å²) in [6.07, 6.45) is 6.06. The fourth-order valence-corrected chi connectivity index (χ4v) is 2.17. The van der Waals surface area contributed by atoms with Gasteiger partial charge in [-0.05, 0) is 31.8 Å². The molecule has 1 heteroatoms. The quantitative estimate of drug-likeness (QED) is 0.676. The van der Waals surface area contributed by atoms with Gasteiger partial charge in [-0.15, -0.1) is 0 Å². The number of allylic oxidation sites excluding steroid dienone is 3. The monoisotopic (exact) mass is 193 g/mol. The van der Waals surface area contributed by atoms with E-state index in [0.717, 1.165) is 24.1 Å². The third kappa shape index (κ3) is 2.02. The van der Waals surface area contributed by atoms with E-state index in [4.69, 9.17) is 5.73 Å². The van der Waals surface area contributed by atoms with Crippen molar-refractivity contribution in [2.45, 2.75) is 52.9 Å². The van der Waals surface area contributed by atoms with Gasteiger partial charge in [0.05, 0.1) is 0 Å². The highest BCUT2D eigenvalue weighted by Crippen LogP contribution is 2.46. The van der Waals surface area contributed by atoms with Crippen LogP contribution in [0, 0.1) is 5.41 Å². The van der Waals surface area contributed by atoms with E-state index < -0.39 is 0 Å². The molecule has 0 unspecified atom stereocenters. The highest BCUT2D eigenvalue weighted by atomic mass is 14.7. The maximum Gasteiger partial charge on any atom is 0.0176 e. The fourth-order valence-electron chi connectivity index (χ4n) is 2.17. The molecule has 0 bridgehead atoms. The first kappa shape index (κ1) is 11.4. The van der Waals surface area contributed by atoms with Crippen molar-refractivity contribution in [3.8, 4) is 0 Å². The molecule has 0 radical (unpaired) electrons. The summed E-state index contributed by atoms with van der Waals surface area (Å²) in [7, 11) is 0. The van der Waals surface area contributed by atoms with Gasteiger partial charge in [0.2, 0.25) is 0 Å². The molecule has 0 spiro atoms. The molecule has 80 valence electrons. The van der Waals surface area contributed by atoms with Crippen molar-refractivity contribution in [3.63, 3.8) is 0 Å². The van der Waals surface area contributed by atoms with Gasteiger partial charge < -0.3 is 5.73 Å². The summed E-state index contributed by atoms with van der Waals surface area (Å²) in [5.74, 6) is 0. The Labute approximate surface area is 88.1 Å². The Balaban J connectivity index is 2.90. The molecule has 1 aliphatic rings. The average Bonchev–Trinajstić information content (AvgIpc) is 2.08. The largest absolute Gasteiger partial charge is 0.401 e. The molecule has 0 aromatic heterocycles. The van der Waals surface area contributed by atoms with E-state index in [2.05, 4.69) is 27.4 Å². The number of hydrogen-bond acceptors (Lipinski definition) is 1. The van der Waals surface area contributed by atoms with Gasteiger partial charge >= 0.3 is 0 Å². The van der Waals surface area contributed by atoms with Crippen LogP contribution in [0.4, 0.5) is 0 Å². The standard InChI is InChI=1S/C13H23N/c1-5-7-11(10(2)3)12(14)13(4)8-6-9-13/h2,5-9,14H2,1,3-4H3/b12-11-. The Morgan fingerprint density at radius 1 is 1.43 bits per heavy atom. The van der Waals surface area contributed by atoms with Crippen LogP contribution in [0.25, 0.3) is 0 Å². The maximum absolute atomic E-state index is 6.26. The molecule has 0 saturated heterocycles. The molecular formula is C13H23N. The molecule has 0 aromatic carbocycles. The average molecular weight is 193 g/mol. The van der Waals surface area contributed by atoms with Crippen LogP contribution in [0.3, 0.4) is 0 Å². The van der Waals surface area contributed by atoms with Gasteiger partial charge in [-0.2, -0.15) is 0 Å². The SMILES string of the molecule is C=C(C)/C(CCC)=C(\N)C1(C)CCC1. The van der Waals surface area contributed by atoms with Crippen molar-refractivity contribution in [1.82, 2.24) is 0 Å². The lowest BCUT2D eigenvalue weighted by molar-refractivity contribution is 0.210. The zero-order valence-corrected chi connectivity index (χ0v) is 9.82. The molecule has 1 saturated carbocycles. The van der Waals surface area contributed by atoms with Crippen LogP contribution in [-0.4, -0.2) is 0 Å². The summed E-state index contributed by atoms with van der Waals surface area (Å²) in [6.45, 7) is 10.6. The summed E-state index contributed by atoms with van der Waals surface area (Å²) >= 11 is 0. The smallest absolute Gasteiger partial charge is 0.0176 e. The van der Waals surface area contributed by atoms with E-state index in [9.17, 15) is 0 Å². The minimum atomic E-state index is 0.281. The summed E-state index contributed by atoms with van der Waals surface area (Å²) in [5.41, 5.74) is 10.1. The summed E-state index contributed by atoms with van der Waals surface area (Å²) < 4.78 is 0. The number of nitrogens with two attached hydrogens (primary N) is 1. The first-order valence-electron chi connectivity index (χ1n) is 5.66. The lowest BCUT2D eigenvalue weighted by Gasteiger charge is -2.40. The van der Waals surface area contributed by atoms with Gasteiger partial charge in [0.15, 0.2) is 0 Å². The van der Waals surface area contributed by atoms with Crippen LogP contribution in [0.2, 0.25) is 0 Å². The van der Waals surface area contributed by atoms with E-state index in [0.29, 0.717) is 0 Å². The van der Waals surface area contributed by atoms with Crippen LogP contribution in [0.5, 0.6) is 0 Å². The van der Waals surface area contributed by atoms with Gasteiger partial charge in [-0.25, -0.2) is 0 Å². The first-order chi connectivity index (χ1) is 6.51. The number of rotatable bonds is 4. The first-order valence-corrected chi connectivity index (χ1v) is 5.66. The third-order valence-electron chi connectivity index (χ3n) is 3.45. The third-order valence-corrected chi connectivity index (χ3v) is 3.45. The van der Waals surface area contributed by atoms with Crippen molar-refractivity contribution in [1.29, 1.82) is 0 Å². The Kier molecular flexibility index (Phi) is 3.41. The second kappa shape index (κ2) is 4.20. The molecule has 0 heterocycles. The van der Waals surface area contributed by atoms with E-state index in [-0.39, 0.29) is 5.41 Å². The van der Waals surface area contributed by atoms with E-state index >= 15 is 0 Å². The highest BCUT2D eigenvalue weighted by Gasteiger charge is 2.35. The predicted octanol–water partition coefficient (Wildman–Crippen LogP) is 3.77.